The van der Waals surface area contributed by atoms with Gasteiger partial charge in [-0.15, -0.1) is 0 Å². The van der Waals surface area contributed by atoms with Crippen LogP contribution < -0.4 is 16.0 Å². The van der Waals surface area contributed by atoms with Gasteiger partial charge in [-0.25, -0.2) is 4.39 Å². The molecule has 1 amide bonds. The van der Waals surface area contributed by atoms with Crippen LogP contribution in [0, 0.1) is 5.82 Å². The Morgan fingerprint density at radius 2 is 2.17 bits per heavy atom. The number of nitrogens with two attached hydrogens (primary N) is 1. The first kappa shape index (κ1) is 13.0. The number of hydrogen-bond donors (Lipinski definition) is 2. The van der Waals surface area contributed by atoms with E-state index in [2.05, 4.69) is 5.32 Å². The summed E-state index contributed by atoms with van der Waals surface area (Å²) in [6, 6.07) is 2.65. The van der Waals surface area contributed by atoms with E-state index in [1.165, 1.54) is 12.1 Å². The Labute approximate surface area is 110 Å². The minimum absolute atomic E-state index is 0.0180. The highest BCUT2D eigenvalue weighted by molar-refractivity contribution is 6.31. The van der Waals surface area contributed by atoms with E-state index >= 15 is 0 Å². The number of rotatable bonds is 1. The first-order valence-corrected chi connectivity index (χ1v) is 6.02. The molecule has 2 rings (SSSR count). The molecule has 1 fully saturated rings. The predicted octanol–water partition coefficient (Wildman–Crippen LogP) is 1.78. The lowest BCUT2D eigenvalue weighted by Crippen LogP contribution is -2.62. The molecule has 1 heterocycles. The summed E-state index contributed by atoms with van der Waals surface area (Å²) in [5.74, 6) is -0.647. The van der Waals surface area contributed by atoms with Crippen LogP contribution in [0.2, 0.25) is 5.02 Å². The second-order valence-corrected chi connectivity index (χ2v) is 5.20. The van der Waals surface area contributed by atoms with E-state index in [1.54, 1.807) is 18.7 Å². The van der Waals surface area contributed by atoms with Gasteiger partial charge in [0.05, 0.1) is 16.4 Å². The van der Waals surface area contributed by atoms with Crippen LogP contribution in [0.3, 0.4) is 0 Å². The summed E-state index contributed by atoms with van der Waals surface area (Å²) in [6.45, 7) is 4.62. The lowest BCUT2D eigenvalue weighted by atomic mass is 9.97. The summed E-state index contributed by atoms with van der Waals surface area (Å²) in [5, 5.41) is 2.76. The van der Waals surface area contributed by atoms with Crippen LogP contribution in [-0.4, -0.2) is 24.5 Å². The van der Waals surface area contributed by atoms with Gasteiger partial charge in [0, 0.05) is 19.2 Å². The van der Waals surface area contributed by atoms with E-state index in [0.29, 0.717) is 24.5 Å². The number of nitrogens with zero attached hydrogens (tertiary/aromatic N) is 1. The fourth-order valence-electron chi connectivity index (χ4n) is 2.11. The van der Waals surface area contributed by atoms with Gasteiger partial charge in [0.25, 0.3) is 0 Å². The van der Waals surface area contributed by atoms with Crippen LogP contribution in [0.4, 0.5) is 15.8 Å². The first-order chi connectivity index (χ1) is 8.34. The molecule has 1 saturated heterocycles. The number of nitrogens with one attached hydrogen (secondary N) is 1. The maximum atomic E-state index is 13.5. The highest BCUT2D eigenvalue weighted by Crippen LogP contribution is 2.34. The Kier molecular flexibility index (Phi) is 3.11. The molecular weight excluding hydrogens is 257 g/mol. The molecule has 1 aliphatic heterocycles. The van der Waals surface area contributed by atoms with Gasteiger partial charge in [-0.1, -0.05) is 11.6 Å². The van der Waals surface area contributed by atoms with Crippen molar-refractivity contribution >= 4 is 28.9 Å². The molecular formula is C12H15ClFN3O. The molecule has 6 heteroatoms. The van der Waals surface area contributed by atoms with Crippen molar-refractivity contribution in [1.82, 2.24) is 5.32 Å². The molecule has 0 atom stereocenters. The molecule has 3 N–H and O–H groups in total. The highest BCUT2D eigenvalue weighted by atomic mass is 35.5. The molecule has 0 saturated carbocycles. The zero-order chi connectivity index (χ0) is 13.5. The normalized spacial score (nSPS) is 18.7. The van der Waals surface area contributed by atoms with Crippen molar-refractivity contribution in [3.63, 3.8) is 0 Å². The minimum atomic E-state index is -0.771. The van der Waals surface area contributed by atoms with Crippen LogP contribution >= 0.6 is 11.6 Å². The molecule has 1 aliphatic rings. The summed E-state index contributed by atoms with van der Waals surface area (Å²) in [4.78, 5) is 13.6. The quantitative estimate of drug-likeness (QED) is 0.766. The molecule has 0 radical (unpaired) electrons. The molecule has 0 aliphatic carbocycles. The van der Waals surface area contributed by atoms with Crippen LogP contribution in [-0.2, 0) is 4.79 Å². The summed E-state index contributed by atoms with van der Waals surface area (Å²) < 4.78 is 13.5. The lowest BCUT2D eigenvalue weighted by molar-refractivity contribution is -0.126. The smallest absolute Gasteiger partial charge is 0.245 e. The fourth-order valence-corrected chi connectivity index (χ4v) is 2.28. The Bertz CT molecular complexity index is 504. The average molecular weight is 272 g/mol. The van der Waals surface area contributed by atoms with Gasteiger partial charge in [-0.3, -0.25) is 4.79 Å². The topological polar surface area (TPSA) is 58.4 Å². The van der Waals surface area contributed by atoms with E-state index in [0.717, 1.165) is 0 Å². The zero-order valence-electron chi connectivity index (χ0n) is 10.3. The molecule has 18 heavy (non-hydrogen) atoms. The third kappa shape index (κ3) is 1.99. The SMILES string of the molecule is CC1(C)C(=O)NCCN1c1cc(F)c(Cl)cc1N. The fraction of sp³-hybridized carbons (Fsp3) is 0.417. The summed E-state index contributed by atoms with van der Waals surface area (Å²) >= 11 is 5.67. The summed E-state index contributed by atoms with van der Waals surface area (Å²) in [6.07, 6.45) is 0. The number of amides is 1. The van der Waals surface area contributed by atoms with Crippen LogP contribution in [0.15, 0.2) is 12.1 Å². The predicted molar refractivity (Wildman–Crippen MR) is 70.3 cm³/mol. The Hall–Kier alpha value is -1.49. The van der Waals surface area contributed by atoms with Crippen molar-refractivity contribution in [2.24, 2.45) is 0 Å². The number of carbonyl (C=O) groups excluding carboxylic acids is 1. The van der Waals surface area contributed by atoms with Crippen LogP contribution in [0.25, 0.3) is 0 Å². The van der Waals surface area contributed by atoms with Crippen molar-refractivity contribution in [2.75, 3.05) is 23.7 Å². The maximum absolute atomic E-state index is 13.5. The van der Waals surface area contributed by atoms with Gasteiger partial charge in [0.15, 0.2) is 0 Å². The molecule has 0 spiro atoms. The van der Waals surface area contributed by atoms with Crippen molar-refractivity contribution < 1.29 is 9.18 Å². The number of nitrogen functional groups attached to an aromatic ring is 1. The van der Waals surface area contributed by atoms with Gasteiger partial charge in [-0.2, -0.15) is 0 Å². The number of carbonyl (C=O) groups is 1. The van der Waals surface area contributed by atoms with Crippen molar-refractivity contribution in [3.8, 4) is 0 Å². The molecule has 1 aromatic carbocycles. The standard InChI is InChI=1S/C12H15ClFN3O/c1-12(2)11(18)16-3-4-17(12)10-6-8(14)7(13)5-9(10)15/h5-6H,3-4,15H2,1-2H3,(H,16,18). The molecule has 0 unspecified atom stereocenters. The third-order valence-corrected chi connectivity index (χ3v) is 3.50. The number of halogens is 2. The molecule has 0 aromatic heterocycles. The molecule has 4 nitrogen and oxygen atoms in total. The van der Waals surface area contributed by atoms with Gasteiger partial charge < -0.3 is 16.0 Å². The van der Waals surface area contributed by atoms with E-state index < -0.39 is 11.4 Å². The van der Waals surface area contributed by atoms with Gasteiger partial charge in [-0.05, 0) is 19.9 Å². The van der Waals surface area contributed by atoms with E-state index in [1.807, 2.05) is 0 Å². The number of piperazine rings is 1. The second kappa shape index (κ2) is 4.31. The Morgan fingerprint density at radius 3 is 2.83 bits per heavy atom. The van der Waals surface area contributed by atoms with E-state index in [-0.39, 0.29) is 10.9 Å². The van der Waals surface area contributed by atoms with Gasteiger partial charge >= 0.3 is 0 Å². The van der Waals surface area contributed by atoms with Gasteiger partial charge in [0.1, 0.15) is 11.4 Å². The lowest BCUT2D eigenvalue weighted by Gasteiger charge is -2.43. The molecule has 0 bridgehead atoms. The van der Waals surface area contributed by atoms with Crippen LogP contribution in [0.1, 0.15) is 13.8 Å². The average Bonchev–Trinajstić information content (AvgIpc) is 2.28. The Balaban J connectivity index is 2.48. The van der Waals surface area contributed by atoms with E-state index in [4.69, 9.17) is 17.3 Å². The Morgan fingerprint density at radius 1 is 1.50 bits per heavy atom. The maximum Gasteiger partial charge on any atom is 0.245 e. The number of anilines is 2. The summed E-state index contributed by atoms with van der Waals surface area (Å²) in [5.41, 5.74) is 5.95. The largest absolute Gasteiger partial charge is 0.397 e. The van der Waals surface area contributed by atoms with Crippen molar-refractivity contribution in [3.05, 3.63) is 23.0 Å². The van der Waals surface area contributed by atoms with Crippen LogP contribution in [0.5, 0.6) is 0 Å². The van der Waals surface area contributed by atoms with Crippen molar-refractivity contribution in [1.29, 1.82) is 0 Å². The zero-order valence-corrected chi connectivity index (χ0v) is 11.0. The van der Waals surface area contributed by atoms with E-state index in [9.17, 15) is 9.18 Å². The molecule has 1 aromatic rings. The monoisotopic (exact) mass is 271 g/mol. The summed E-state index contributed by atoms with van der Waals surface area (Å²) in [7, 11) is 0. The number of hydrogen-bond acceptors (Lipinski definition) is 3. The molecule has 98 valence electrons. The first-order valence-electron chi connectivity index (χ1n) is 5.64. The third-order valence-electron chi connectivity index (χ3n) is 3.21. The number of benzene rings is 1. The minimum Gasteiger partial charge on any atom is -0.397 e. The highest BCUT2D eigenvalue weighted by Gasteiger charge is 2.38. The van der Waals surface area contributed by atoms with Gasteiger partial charge in [0.2, 0.25) is 5.91 Å². The van der Waals surface area contributed by atoms with Crippen molar-refractivity contribution in [2.45, 2.75) is 19.4 Å². The second-order valence-electron chi connectivity index (χ2n) is 4.79.